The number of nitrogens with zero attached hydrogens (tertiary/aromatic N) is 4. The number of hydrogen-bond donors (Lipinski definition) is 1. The van der Waals surface area contributed by atoms with Crippen molar-refractivity contribution in [1.29, 1.82) is 0 Å². The van der Waals surface area contributed by atoms with Crippen LogP contribution in [0.5, 0.6) is 0 Å². The maximum atomic E-state index is 12.1. The normalized spacial score (nSPS) is 15.9. The number of likely N-dealkylation sites (N-methyl/N-ethyl adjacent to an activating group) is 1. The molecule has 2 heterocycles. The van der Waals surface area contributed by atoms with Crippen LogP contribution in [-0.2, 0) is 16.1 Å². The first-order chi connectivity index (χ1) is 9.58. The number of amides is 2. The number of hydrogen-bond acceptors (Lipinski definition) is 4. The summed E-state index contributed by atoms with van der Waals surface area (Å²) in [6.45, 7) is 6.84. The first kappa shape index (κ1) is 14.3. The molecular formula is C13H19N5O2. The van der Waals surface area contributed by atoms with Gasteiger partial charge < -0.3 is 15.1 Å². The predicted octanol–water partition coefficient (Wildman–Crippen LogP) is -0.218. The lowest BCUT2D eigenvalue weighted by atomic mass is 10.3. The summed E-state index contributed by atoms with van der Waals surface area (Å²) in [6, 6.07) is 1.65. The number of carbonyl (C=O) groups excluding carboxylic acids is 2. The van der Waals surface area contributed by atoms with E-state index in [1.165, 1.54) is 10.8 Å². The number of carbonyl (C=O) groups is 2. The molecule has 0 saturated carbocycles. The van der Waals surface area contributed by atoms with Crippen LogP contribution >= 0.6 is 0 Å². The maximum absolute atomic E-state index is 12.1. The number of piperazine rings is 1. The maximum Gasteiger partial charge on any atom is 0.248 e. The highest BCUT2D eigenvalue weighted by Crippen LogP contribution is 2.05. The number of anilines is 1. The third-order valence-electron chi connectivity index (χ3n) is 3.23. The molecule has 0 radical (unpaired) electrons. The standard InChI is InChI=1S/C13H19N5O2/c1-3-12(19)14-11-4-5-18(15-11)10-13(20)17-8-6-16(2)7-9-17/h3-5H,1,6-10H2,2H3,(H,14,15,19). The Morgan fingerprint density at radius 2 is 2.10 bits per heavy atom. The van der Waals surface area contributed by atoms with Crippen molar-refractivity contribution >= 4 is 17.6 Å². The molecule has 7 heteroatoms. The van der Waals surface area contributed by atoms with Gasteiger partial charge in [-0.1, -0.05) is 6.58 Å². The van der Waals surface area contributed by atoms with E-state index in [2.05, 4.69) is 21.9 Å². The van der Waals surface area contributed by atoms with E-state index in [9.17, 15) is 9.59 Å². The Balaban J connectivity index is 1.88. The molecule has 0 aliphatic carbocycles. The van der Waals surface area contributed by atoms with Crippen LogP contribution in [0.25, 0.3) is 0 Å². The molecule has 0 atom stereocenters. The van der Waals surface area contributed by atoms with Crippen LogP contribution in [0.1, 0.15) is 0 Å². The smallest absolute Gasteiger partial charge is 0.248 e. The molecule has 1 fully saturated rings. The summed E-state index contributed by atoms with van der Waals surface area (Å²) in [5.74, 6) is 0.143. The Hall–Kier alpha value is -2.15. The van der Waals surface area contributed by atoms with Gasteiger partial charge in [0.2, 0.25) is 11.8 Å². The highest BCUT2D eigenvalue weighted by atomic mass is 16.2. The lowest BCUT2D eigenvalue weighted by molar-refractivity contribution is -0.133. The summed E-state index contributed by atoms with van der Waals surface area (Å²) in [6.07, 6.45) is 2.85. The van der Waals surface area contributed by atoms with Crippen LogP contribution in [0.2, 0.25) is 0 Å². The molecule has 1 saturated heterocycles. The summed E-state index contributed by atoms with van der Waals surface area (Å²) in [7, 11) is 2.05. The SMILES string of the molecule is C=CC(=O)Nc1ccn(CC(=O)N2CCN(C)CC2)n1. The van der Waals surface area contributed by atoms with Crippen LogP contribution < -0.4 is 5.32 Å². The predicted molar refractivity (Wildman–Crippen MR) is 75.1 cm³/mol. The van der Waals surface area contributed by atoms with Crippen molar-refractivity contribution in [3.8, 4) is 0 Å². The monoisotopic (exact) mass is 277 g/mol. The first-order valence-electron chi connectivity index (χ1n) is 6.51. The molecule has 108 valence electrons. The highest BCUT2D eigenvalue weighted by Gasteiger charge is 2.19. The van der Waals surface area contributed by atoms with Gasteiger partial charge >= 0.3 is 0 Å². The fraction of sp³-hybridized carbons (Fsp3) is 0.462. The van der Waals surface area contributed by atoms with E-state index >= 15 is 0 Å². The first-order valence-corrected chi connectivity index (χ1v) is 6.51. The average molecular weight is 277 g/mol. The summed E-state index contributed by atoms with van der Waals surface area (Å²) < 4.78 is 1.53. The van der Waals surface area contributed by atoms with E-state index in [-0.39, 0.29) is 18.4 Å². The Kier molecular flexibility index (Phi) is 4.52. The Morgan fingerprint density at radius 1 is 1.40 bits per heavy atom. The van der Waals surface area contributed by atoms with Crippen molar-refractivity contribution in [3.05, 3.63) is 24.9 Å². The third kappa shape index (κ3) is 3.67. The number of aromatic nitrogens is 2. The summed E-state index contributed by atoms with van der Waals surface area (Å²) >= 11 is 0. The van der Waals surface area contributed by atoms with E-state index in [0.29, 0.717) is 5.82 Å². The number of nitrogens with one attached hydrogen (secondary N) is 1. The van der Waals surface area contributed by atoms with Gasteiger partial charge in [0.25, 0.3) is 0 Å². The zero-order chi connectivity index (χ0) is 14.5. The van der Waals surface area contributed by atoms with Crippen molar-refractivity contribution in [2.75, 3.05) is 38.5 Å². The zero-order valence-electron chi connectivity index (χ0n) is 11.6. The van der Waals surface area contributed by atoms with E-state index in [1.54, 1.807) is 12.3 Å². The van der Waals surface area contributed by atoms with E-state index in [4.69, 9.17) is 0 Å². The third-order valence-corrected chi connectivity index (χ3v) is 3.23. The second-order valence-corrected chi connectivity index (χ2v) is 4.78. The van der Waals surface area contributed by atoms with Crippen LogP contribution in [0.4, 0.5) is 5.82 Å². The van der Waals surface area contributed by atoms with E-state index in [1.807, 2.05) is 11.9 Å². The zero-order valence-corrected chi connectivity index (χ0v) is 11.6. The Bertz CT molecular complexity index is 503. The van der Waals surface area contributed by atoms with Gasteiger partial charge in [0, 0.05) is 38.4 Å². The molecule has 0 bridgehead atoms. The fourth-order valence-electron chi connectivity index (χ4n) is 1.99. The summed E-state index contributed by atoms with van der Waals surface area (Å²) in [4.78, 5) is 27.3. The van der Waals surface area contributed by atoms with Crippen LogP contribution in [0, 0.1) is 0 Å². The molecule has 1 N–H and O–H groups in total. The Morgan fingerprint density at radius 3 is 2.75 bits per heavy atom. The molecule has 0 aromatic carbocycles. The van der Waals surface area contributed by atoms with Gasteiger partial charge in [-0.3, -0.25) is 14.3 Å². The molecule has 1 aromatic rings. The molecule has 2 amide bonds. The van der Waals surface area contributed by atoms with Gasteiger partial charge in [0.15, 0.2) is 5.82 Å². The minimum atomic E-state index is -0.319. The molecule has 1 aliphatic rings. The molecule has 20 heavy (non-hydrogen) atoms. The highest BCUT2D eigenvalue weighted by molar-refractivity contribution is 5.98. The summed E-state index contributed by atoms with van der Waals surface area (Å²) in [5.41, 5.74) is 0. The quantitative estimate of drug-likeness (QED) is 0.773. The average Bonchev–Trinajstić information content (AvgIpc) is 2.86. The van der Waals surface area contributed by atoms with Crippen LogP contribution in [0.15, 0.2) is 24.9 Å². The second-order valence-electron chi connectivity index (χ2n) is 4.78. The molecule has 1 aliphatic heterocycles. The lowest BCUT2D eigenvalue weighted by Gasteiger charge is -2.32. The van der Waals surface area contributed by atoms with Gasteiger partial charge in [-0.2, -0.15) is 5.10 Å². The molecule has 7 nitrogen and oxygen atoms in total. The summed E-state index contributed by atoms with van der Waals surface area (Å²) in [5, 5.41) is 6.68. The fourth-order valence-corrected chi connectivity index (χ4v) is 1.99. The van der Waals surface area contributed by atoms with Crippen LogP contribution in [0.3, 0.4) is 0 Å². The molecular weight excluding hydrogens is 258 g/mol. The van der Waals surface area contributed by atoms with E-state index in [0.717, 1.165) is 26.2 Å². The van der Waals surface area contributed by atoms with Gasteiger partial charge in [-0.15, -0.1) is 0 Å². The minimum absolute atomic E-state index is 0.0443. The van der Waals surface area contributed by atoms with Crippen molar-refractivity contribution in [2.24, 2.45) is 0 Å². The molecule has 2 rings (SSSR count). The van der Waals surface area contributed by atoms with Crippen molar-refractivity contribution in [2.45, 2.75) is 6.54 Å². The van der Waals surface area contributed by atoms with Crippen molar-refractivity contribution in [3.63, 3.8) is 0 Å². The van der Waals surface area contributed by atoms with Gasteiger partial charge in [-0.25, -0.2) is 0 Å². The van der Waals surface area contributed by atoms with Gasteiger partial charge in [0.1, 0.15) is 6.54 Å². The topological polar surface area (TPSA) is 70.5 Å². The largest absolute Gasteiger partial charge is 0.339 e. The van der Waals surface area contributed by atoms with Crippen molar-refractivity contribution in [1.82, 2.24) is 19.6 Å². The second kappa shape index (κ2) is 6.33. The Labute approximate surface area is 117 Å². The van der Waals surface area contributed by atoms with Gasteiger partial charge in [0.05, 0.1) is 0 Å². The molecule has 0 spiro atoms. The van der Waals surface area contributed by atoms with Crippen LogP contribution in [-0.4, -0.2) is 64.6 Å². The van der Waals surface area contributed by atoms with E-state index < -0.39 is 0 Å². The minimum Gasteiger partial charge on any atom is -0.339 e. The van der Waals surface area contributed by atoms with Crippen molar-refractivity contribution < 1.29 is 9.59 Å². The lowest BCUT2D eigenvalue weighted by Crippen LogP contribution is -2.48. The molecule has 1 aromatic heterocycles. The molecule has 0 unspecified atom stereocenters. The number of rotatable bonds is 4. The van der Waals surface area contributed by atoms with Gasteiger partial charge in [-0.05, 0) is 13.1 Å².